The van der Waals surface area contributed by atoms with Crippen LogP contribution >= 0.6 is 12.6 Å². The Morgan fingerprint density at radius 2 is 1.90 bits per heavy atom. The molecule has 3 nitrogen and oxygen atoms in total. The summed E-state index contributed by atoms with van der Waals surface area (Å²) >= 11 is 4.11. The number of aryl methyl sites for hydroxylation is 1. The van der Waals surface area contributed by atoms with E-state index < -0.39 is 0 Å². The van der Waals surface area contributed by atoms with Crippen molar-refractivity contribution in [3.8, 4) is 5.75 Å². The fraction of sp³-hybridized carbons (Fsp3) is 0.118. The molecule has 1 heterocycles. The van der Waals surface area contributed by atoms with E-state index in [0.717, 1.165) is 11.1 Å². The third-order valence-electron chi connectivity index (χ3n) is 3.32. The smallest absolute Gasteiger partial charge is 0.193 e. The van der Waals surface area contributed by atoms with Crippen molar-refractivity contribution in [2.45, 2.75) is 18.6 Å². The molecule has 0 N–H and O–H groups in total. The number of benzene rings is 2. The molecule has 106 valence electrons. The minimum Gasteiger partial charge on any atom is -0.488 e. The first-order valence-corrected chi connectivity index (χ1v) is 7.03. The zero-order valence-electron chi connectivity index (χ0n) is 11.5. The molecule has 3 rings (SSSR count). The first-order chi connectivity index (χ1) is 10.1. The summed E-state index contributed by atoms with van der Waals surface area (Å²) in [6, 6.07) is 14.8. The standard InChI is InChI=1S/C17H14O3S/c1-11-15(19-10-12-5-3-2-4-6-12)8-7-13-14(18)9-16(21)20-17(11)13/h2-9,21H,10H2,1H3. The van der Waals surface area contributed by atoms with E-state index in [1.807, 2.05) is 37.3 Å². The van der Waals surface area contributed by atoms with Crippen LogP contribution in [0.5, 0.6) is 5.75 Å². The van der Waals surface area contributed by atoms with Crippen molar-refractivity contribution in [3.63, 3.8) is 0 Å². The van der Waals surface area contributed by atoms with E-state index in [-0.39, 0.29) is 5.43 Å². The Morgan fingerprint density at radius 1 is 1.14 bits per heavy atom. The van der Waals surface area contributed by atoms with E-state index >= 15 is 0 Å². The molecule has 0 unspecified atom stereocenters. The lowest BCUT2D eigenvalue weighted by molar-refractivity contribution is 0.304. The van der Waals surface area contributed by atoms with Crippen molar-refractivity contribution in [2.24, 2.45) is 0 Å². The van der Waals surface area contributed by atoms with Gasteiger partial charge in [0, 0.05) is 11.6 Å². The lowest BCUT2D eigenvalue weighted by atomic mass is 10.1. The van der Waals surface area contributed by atoms with Crippen molar-refractivity contribution in [2.75, 3.05) is 0 Å². The van der Waals surface area contributed by atoms with Crippen molar-refractivity contribution < 1.29 is 9.15 Å². The Hall–Kier alpha value is -2.20. The van der Waals surface area contributed by atoms with E-state index in [1.165, 1.54) is 6.07 Å². The van der Waals surface area contributed by atoms with Crippen LogP contribution in [-0.2, 0) is 6.61 Å². The maximum atomic E-state index is 11.9. The maximum absolute atomic E-state index is 11.9. The predicted molar refractivity (Wildman–Crippen MR) is 85.2 cm³/mol. The van der Waals surface area contributed by atoms with Crippen LogP contribution < -0.4 is 10.2 Å². The van der Waals surface area contributed by atoms with Crippen LogP contribution in [-0.4, -0.2) is 0 Å². The molecular formula is C17H14O3S. The largest absolute Gasteiger partial charge is 0.488 e. The summed E-state index contributed by atoms with van der Waals surface area (Å²) in [5, 5.41) is 0.841. The molecule has 0 aliphatic rings. The number of fused-ring (bicyclic) bond motifs is 1. The van der Waals surface area contributed by atoms with Crippen LogP contribution in [0, 0.1) is 6.92 Å². The minimum absolute atomic E-state index is 0.0982. The molecule has 0 radical (unpaired) electrons. The van der Waals surface area contributed by atoms with Gasteiger partial charge in [-0.2, -0.15) is 0 Å². The highest BCUT2D eigenvalue weighted by atomic mass is 32.1. The molecule has 0 saturated heterocycles. The van der Waals surface area contributed by atoms with Gasteiger partial charge in [-0.25, -0.2) is 0 Å². The molecule has 1 aromatic heterocycles. The van der Waals surface area contributed by atoms with Crippen molar-refractivity contribution >= 4 is 23.6 Å². The van der Waals surface area contributed by atoms with Crippen LogP contribution in [0.4, 0.5) is 0 Å². The molecule has 2 aromatic carbocycles. The molecule has 0 atom stereocenters. The SMILES string of the molecule is Cc1c(OCc2ccccc2)ccc2c(=O)cc(S)oc12. The molecule has 0 aliphatic carbocycles. The summed E-state index contributed by atoms with van der Waals surface area (Å²) in [6.07, 6.45) is 0. The Morgan fingerprint density at radius 3 is 2.67 bits per heavy atom. The highest BCUT2D eigenvalue weighted by Gasteiger charge is 2.10. The first kappa shape index (κ1) is 13.8. The van der Waals surface area contributed by atoms with Gasteiger partial charge < -0.3 is 9.15 Å². The number of rotatable bonds is 3. The van der Waals surface area contributed by atoms with Crippen molar-refractivity contribution in [3.05, 3.63) is 69.9 Å². The van der Waals surface area contributed by atoms with Gasteiger partial charge in [-0.05, 0) is 24.6 Å². The zero-order valence-corrected chi connectivity index (χ0v) is 12.4. The highest BCUT2D eigenvalue weighted by molar-refractivity contribution is 7.80. The number of hydrogen-bond acceptors (Lipinski definition) is 4. The van der Waals surface area contributed by atoms with Gasteiger partial charge in [0.15, 0.2) is 10.5 Å². The molecule has 0 amide bonds. The third kappa shape index (κ3) is 2.81. The van der Waals surface area contributed by atoms with Gasteiger partial charge in [0.1, 0.15) is 17.9 Å². The van der Waals surface area contributed by atoms with Gasteiger partial charge >= 0.3 is 0 Å². The van der Waals surface area contributed by atoms with Crippen molar-refractivity contribution in [1.82, 2.24) is 0 Å². The van der Waals surface area contributed by atoms with Crippen molar-refractivity contribution in [1.29, 1.82) is 0 Å². The molecule has 21 heavy (non-hydrogen) atoms. The van der Waals surface area contributed by atoms with Gasteiger partial charge in [0.2, 0.25) is 0 Å². The lowest BCUT2D eigenvalue weighted by Gasteiger charge is -2.10. The van der Waals surface area contributed by atoms with E-state index in [2.05, 4.69) is 12.6 Å². The van der Waals surface area contributed by atoms with Gasteiger partial charge in [0.05, 0.1) is 5.39 Å². The Labute approximate surface area is 127 Å². The third-order valence-corrected chi connectivity index (χ3v) is 3.54. The lowest BCUT2D eigenvalue weighted by Crippen LogP contribution is -2.02. The molecule has 0 aliphatic heterocycles. The van der Waals surface area contributed by atoms with Crippen LogP contribution in [0.25, 0.3) is 11.0 Å². The summed E-state index contributed by atoms with van der Waals surface area (Å²) in [5.41, 5.74) is 2.31. The number of hydrogen-bond donors (Lipinski definition) is 1. The van der Waals surface area contributed by atoms with Gasteiger partial charge in [-0.3, -0.25) is 4.79 Å². The molecule has 0 bridgehead atoms. The van der Waals surface area contributed by atoms with Crippen LogP contribution in [0.2, 0.25) is 0 Å². The van der Waals surface area contributed by atoms with E-state index in [1.54, 1.807) is 12.1 Å². The first-order valence-electron chi connectivity index (χ1n) is 6.58. The van der Waals surface area contributed by atoms with Gasteiger partial charge in [-0.15, -0.1) is 12.6 Å². The second kappa shape index (κ2) is 5.66. The van der Waals surface area contributed by atoms with Gasteiger partial charge in [-0.1, -0.05) is 30.3 Å². The normalized spacial score (nSPS) is 10.8. The summed E-state index contributed by atoms with van der Waals surface area (Å²) in [5.74, 6) is 0.702. The minimum atomic E-state index is -0.0982. The number of thiol groups is 1. The Kier molecular flexibility index (Phi) is 3.71. The fourth-order valence-corrected chi connectivity index (χ4v) is 2.42. The monoisotopic (exact) mass is 298 g/mol. The van der Waals surface area contributed by atoms with Crippen LogP contribution in [0.3, 0.4) is 0 Å². The molecule has 0 spiro atoms. The van der Waals surface area contributed by atoms with Gasteiger partial charge in [0.25, 0.3) is 0 Å². The van der Waals surface area contributed by atoms with E-state index in [4.69, 9.17) is 9.15 Å². The average Bonchev–Trinajstić information content (AvgIpc) is 2.48. The molecule has 3 aromatic rings. The molecular weight excluding hydrogens is 284 g/mol. The van der Waals surface area contributed by atoms with Crippen LogP contribution in [0.15, 0.2) is 62.8 Å². The summed E-state index contributed by atoms with van der Waals surface area (Å²) in [7, 11) is 0. The second-order valence-corrected chi connectivity index (χ2v) is 5.23. The molecule has 0 fully saturated rings. The van der Waals surface area contributed by atoms with E-state index in [9.17, 15) is 4.79 Å². The zero-order chi connectivity index (χ0) is 14.8. The summed E-state index contributed by atoms with van der Waals surface area (Å²) in [4.78, 5) is 11.9. The van der Waals surface area contributed by atoms with E-state index in [0.29, 0.717) is 28.4 Å². The number of ether oxygens (including phenoxy) is 1. The Bertz CT molecular complexity index is 838. The average molecular weight is 298 g/mol. The fourth-order valence-electron chi connectivity index (χ4n) is 2.21. The predicted octanol–water partition coefficient (Wildman–Crippen LogP) is 3.97. The van der Waals surface area contributed by atoms with Crippen LogP contribution in [0.1, 0.15) is 11.1 Å². The topological polar surface area (TPSA) is 39.4 Å². The Balaban J connectivity index is 1.97. The molecule has 4 heteroatoms. The molecule has 0 saturated carbocycles. The maximum Gasteiger partial charge on any atom is 0.193 e. The summed E-state index contributed by atoms with van der Waals surface area (Å²) < 4.78 is 11.4. The second-order valence-electron chi connectivity index (χ2n) is 4.79. The summed E-state index contributed by atoms with van der Waals surface area (Å²) in [6.45, 7) is 2.34. The quantitative estimate of drug-likeness (QED) is 0.744. The highest BCUT2D eigenvalue weighted by Crippen LogP contribution is 2.27.